The summed E-state index contributed by atoms with van der Waals surface area (Å²) in [7, 11) is 1.86. The van der Waals surface area contributed by atoms with E-state index in [2.05, 4.69) is 48.6 Å². The van der Waals surface area contributed by atoms with Crippen LogP contribution in [0.5, 0.6) is 5.75 Å². The van der Waals surface area contributed by atoms with Crippen molar-refractivity contribution in [3.8, 4) is 5.75 Å². The first-order valence-electron chi connectivity index (χ1n) is 11.7. The third-order valence-electron chi connectivity index (χ3n) is 5.62. The van der Waals surface area contributed by atoms with Crippen LogP contribution in [0.25, 0.3) is 0 Å². The number of aromatic nitrogens is 6. The van der Waals surface area contributed by atoms with E-state index in [1.165, 1.54) is 23.5 Å². The summed E-state index contributed by atoms with van der Waals surface area (Å²) < 4.78 is 12.0. The van der Waals surface area contributed by atoms with Gasteiger partial charge < -0.3 is 9.30 Å². The Morgan fingerprint density at radius 3 is 2.57 bits per heavy atom. The Kier molecular flexibility index (Phi) is 7.74. The zero-order chi connectivity index (χ0) is 25.9. The molecule has 0 radical (unpaired) electrons. The van der Waals surface area contributed by atoms with Crippen LogP contribution in [0.2, 0.25) is 0 Å². The Morgan fingerprint density at radius 2 is 1.92 bits per heavy atom. The van der Waals surface area contributed by atoms with Gasteiger partial charge in [-0.3, -0.25) is 15.0 Å². The lowest BCUT2D eigenvalue weighted by molar-refractivity contribution is 0.000128. The Hall–Kier alpha value is -3.00. The smallest absolute Gasteiger partial charge is 0.277 e. The molecular weight excluding hydrogens is 529 g/mol. The summed E-state index contributed by atoms with van der Waals surface area (Å²) in [5.41, 5.74) is 0.300. The van der Waals surface area contributed by atoms with Crippen LogP contribution in [0.3, 0.4) is 0 Å². The third-order valence-corrected chi connectivity index (χ3v) is 8.39. The van der Waals surface area contributed by atoms with Gasteiger partial charge in [-0.1, -0.05) is 11.8 Å². The molecule has 192 valence electrons. The van der Waals surface area contributed by atoms with E-state index in [1.807, 2.05) is 43.4 Å². The number of pyridine rings is 1. The molecule has 1 saturated heterocycles. The number of amides is 1. The van der Waals surface area contributed by atoms with Gasteiger partial charge in [-0.25, -0.2) is 9.97 Å². The Balaban J connectivity index is 1.32. The Labute approximate surface area is 227 Å². The molecule has 1 aliphatic rings. The molecule has 0 unspecified atom stereocenters. The number of hydrogen-bond acceptors (Lipinski definition) is 11. The molecule has 3 aromatic heterocycles. The number of rotatable bonds is 9. The zero-order valence-electron chi connectivity index (χ0n) is 20.8. The molecule has 1 fully saturated rings. The number of aryl methyl sites for hydroxylation is 2. The van der Waals surface area contributed by atoms with Crippen LogP contribution in [0, 0.1) is 6.92 Å². The van der Waals surface area contributed by atoms with Crippen molar-refractivity contribution in [3.05, 3.63) is 54.2 Å². The maximum absolute atomic E-state index is 13.2. The largest absolute Gasteiger partial charge is 0.488 e. The van der Waals surface area contributed by atoms with Gasteiger partial charge in [-0.05, 0) is 68.9 Å². The molecule has 0 atom stereocenters. The van der Waals surface area contributed by atoms with E-state index in [0.717, 1.165) is 40.2 Å². The number of ether oxygens (including phenoxy) is 1. The summed E-state index contributed by atoms with van der Waals surface area (Å²) in [6.07, 6.45) is 1.85. The average Bonchev–Trinajstić information content (AvgIpc) is 3.44. The summed E-state index contributed by atoms with van der Waals surface area (Å²) in [4.78, 5) is 26.2. The van der Waals surface area contributed by atoms with Crippen molar-refractivity contribution in [2.75, 3.05) is 18.4 Å². The first kappa shape index (κ1) is 25.6. The van der Waals surface area contributed by atoms with Crippen molar-refractivity contribution in [1.29, 1.82) is 0 Å². The second kappa shape index (κ2) is 11.2. The molecule has 4 aromatic rings. The maximum Gasteiger partial charge on any atom is 0.277 e. The first-order valence-corrected chi connectivity index (χ1v) is 14.1. The molecular formula is C24H26N8O2S3. The monoisotopic (exact) mass is 554 g/mol. The van der Waals surface area contributed by atoms with Gasteiger partial charge in [0.25, 0.3) is 5.91 Å². The molecule has 37 heavy (non-hydrogen) atoms. The quantitative estimate of drug-likeness (QED) is 0.320. The molecule has 4 heterocycles. The van der Waals surface area contributed by atoms with Gasteiger partial charge in [-0.2, -0.15) is 4.37 Å². The van der Waals surface area contributed by atoms with Crippen LogP contribution in [0.4, 0.5) is 5.13 Å². The number of likely N-dealkylation sites (tertiary alicyclic amines) is 1. The van der Waals surface area contributed by atoms with Crippen molar-refractivity contribution in [3.63, 3.8) is 0 Å². The third kappa shape index (κ3) is 6.29. The zero-order valence-corrected chi connectivity index (χ0v) is 23.2. The molecule has 0 spiro atoms. The SMILES string of the molecule is Cc1nsc(NC(=O)c2nc(Sc3nncn3C)ccc2Sc2ccc(OC3CN(C(C)C)C3)cc2)n1. The fraction of sp³-hybridized carbons (Fsp3) is 0.333. The van der Waals surface area contributed by atoms with E-state index in [-0.39, 0.29) is 12.0 Å². The van der Waals surface area contributed by atoms with E-state index >= 15 is 0 Å². The topological polar surface area (TPSA) is 111 Å². The number of carbonyl (C=O) groups excluding carboxylic acids is 1. The predicted octanol–water partition coefficient (Wildman–Crippen LogP) is 4.40. The van der Waals surface area contributed by atoms with Crippen molar-refractivity contribution in [2.45, 2.75) is 52.9 Å². The van der Waals surface area contributed by atoms with Gasteiger partial charge in [0.05, 0.1) is 0 Å². The molecule has 0 aliphatic carbocycles. The number of nitrogens with zero attached hydrogens (tertiary/aromatic N) is 7. The summed E-state index contributed by atoms with van der Waals surface area (Å²) in [6, 6.07) is 12.2. The number of carbonyl (C=O) groups is 1. The van der Waals surface area contributed by atoms with E-state index in [9.17, 15) is 4.79 Å². The molecule has 10 nitrogen and oxygen atoms in total. The molecule has 1 aliphatic heterocycles. The molecule has 1 N–H and O–H groups in total. The highest BCUT2D eigenvalue weighted by molar-refractivity contribution is 7.99. The first-order chi connectivity index (χ1) is 17.8. The van der Waals surface area contributed by atoms with Crippen LogP contribution in [-0.2, 0) is 7.05 Å². The van der Waals surface area contributed by atoms with E-state index in [0.29, 0.717) is 32.9 Å². The van der Waals surface area contributed by atoms with Crippen molar-refractivity contribution < 1.29 is 9.53 Å². The van der Waals surface area contributed by atoms with Crippen LogP contribution < -0.4 is 10.1 Å². The summed E-state index contributed by atoms with van der Waals surface area (Å²) >= 11 is 3.94. The highest BCUT2D eigenvalue weighted by Gasteiger charge is 2.30. The molecule has 0 saturated carbocycles. The summed E-state index contributed by atoms with van der Waals surface area (Å²) in [5, 5.41) is 12.6. The number of hydrogen-bond donors (Lipinski definition) is 1. The Morgan fingerprint density at radius 1 is 1.14 bits per heavy atom. The van der Waals surface area contributed by atoms with E-state index in [4.69, 9.17) is 4.74 Å². The van der Waals surface area contributed by atoms with Crippen LogP contribution in [0.15, 0.2) is 62.7 Å². The second-order valence-electron chi connectivity index (χ2n) is 8.78. The normalized spacial score (nSPS) is 14.1. The van der Waals surface area contributed by atoms with E-state index < -0.39 is 0 Å². The van der Waals surface area contributed by atoms with Gasteiger partial charge >= 0.3 is 0 Å². The molecule has 1 amide bonds. The van der Waals surface area contributed by atoms with Crippen LogP contribution in [-0.4, -0.2) is 65.1 Å². The lowest BCUT2D eigenvalue weighted by Gasteiger charge is -2.41. The number of nitrogens with one attached hydrogen (secondary N) is 1. The van der Waals surface area contributed by atoms with Crippen molar-refractivity contribution in [2.24, 2.45) is 7.05 Å². The van der Waals surface area contributed by atoms with E-state index in [1.54, 1.807) is 17.8 Å². The maximum atomic E-state index is 13.2. The summed E-state index contributed by atoms with van der Waals surface area (Å²) in [5.74, 6) is 1.10. The lowest BCUT2D eigenvalue weighted by Crippen LogP contribution is -2.56. The minimum absolute atomic E-state index is 0.225. The second-order valence-corrected chi connectivity index (χ2v) is 11.6. The highest BCUT2D eigenvalue weighted by atomic mass is 32.2. The van der Waals surface area contributed by atoms with Crippen LogP contribution in [0.1, 0.15) is 30.2 Å². The minimum Gasteiger partial charge on any atom is -0.488 e. The molecule has 13 heteroatoms. The predicted molar refractivity (Wildman–Crippen MR) is 144 cm³/mol. The van der Waals surface area contributed by atoms with Gasteiger partial charge in [0.2, 0.25) is 5.13 Å². The fourth-order valence-electron chi connectivity index (χ4n) is 3.56. The average molecular weight is 555 g/mol. The summed E-state index contributed by atoms with van der Waals surface area (Å²) in [6.45, 7) is 8.07. The Bertz CT molecular complexity index is 1380. The van der Waals surface area contributed by atoms with Crippen LogP contribution >= 0.6 is 35.1 Å². The van der Waals surface area contributed by atoms with Crippen molar-refractivity contribution in [1.82, 2.24) is 34.0 Å². The minimum atomic E-state index is -0.348. The van der Waals surface area contributed by atoms with Gasteiger partial charge in [0, 0.05) is 47.5 Å². The molecule has 1 aromatic carbocycles. The number of anilines is 1. The molecule has 5 rings (SSSR count). The lowest BCUT2D eigenvalue weighted by atomic mass is 10.1. The highest BCUT2D eigenvalue weighted by Crippen LogP contribution is 2.34. The van der Waals surface area contributed by atoms with Gasteiger partial charge in [0.15, 0.2) is 5.16 Å². The van der Waals surface area contributed by atoms with Crippen molar-refractivity contribution >= 4 is 46.1 Å². The molecule has 0 bridgehead atoms. The van der Waals surface area contributed by atoms with Gasteiger partial charge in [0.1, 0.15) is 34.7 Å². The number of benzene rings is 1. The standard InChI is InChI=1S/C24H26N8O2S3/c1-14(2)32-11-17(12-32)34-16-5-7-18(8-6-16)35-19-9-10-20(36-24-29-25-13-31(24)4)27-21(19)22(33)28-23-26-15(3)30-37-23/h5-10,13-14,17H,11-12H2,1-4H3,(H,26,28,30,33). The fourth-order valence-corrected chi connectivity index (χ4v) is 5.77. The van der Waals surface area contributed by atoms with Gasteiger partial charge in [-0.15, -0.1) is 10.2 Å².